The molecule has 0 aliphatic heterocycles. The maximum Gasteiger partial charge on any atom is 0.120 e. The van der Waals surface area contributed by atoms with Gasteiger partial charge in [-0.05, 0) is 25.2 Å². The molecule has 0 bridgehead atoms. The Kier molecular flexibility index (Phi) is 4.93. The summed E-state index contributed by atoms with van der Waals surface area (Å²) in [5.41, 5.74) is 0. The van der Waals surface area contributed by atoms with Crippen molar-refractivity contribution in [2.24, 2.45) is 0 Å². The van der Waals surface area contributed by atoms with Crippen LogP contribution in [-0.2, 0) is 0 Å². The number of halogens is 1. The van der Waals surface area contributed by atoms with Crippen molar-refractivity contribution in [2.45, 2.75) is 6.04 Å². The molecule has 4 heteroatoms. The Bertz CT molecular complexity index is 277. The number of likely N-dealkylation sites (N-methyl/N-ethyl adjacent to an activating group) is 1. The van der Waals surface area contributed by atoms with E-state index < -0.39 is 0 Å². The van der Waals surface area contributed by atoms with Gasteiger partial charge in [-0.1, -0.05) is 22.0 Å². The molecule has 1 atom stereocenters. The number of rotatable bonds is 5. The second-order valence-corrected chi connectivity index (χ2v) is 3.85. The highest BCUT2D eigenvalue weighted by Crippen LogP contribution is 2.17. The summed E-state index contributed by atoms with van der Waals surface area (Å²) in [6.45, 7) is 0.536. The Hall–Kier alpha value is -0.580. The van der Waals surface area contributed by atoms with Gasteiger partial charge in [0.25, 0.3) is 0 Å². The molecule has 1 unspecified atom stereocenters. The lowest BCUT2D eigenvalue weighted by Crippen LogP contribution is -2.34. The van der Waals surface area contributed by atoms with Crippen molar-refractivity contribution in [1.82, 2.24) is 5.32 Å². The van der Waals surface area contributed by atoms with Crippen molar-refractivity contribution in [3.05, 3.63) is 28.7 Å². The van der Waals surface area contributed by atoms with Gasteiger partial charge < -0.3 is 15.2 Å². The molecule has 1 aromatic rings. The van der Waals surface area contributed by atoms with Crippen LogP contribution >= 0.6 is 15.9 Å². The van der Waals surface area contributed by atoms with Gasteiger partial charge in [0.05, 0.1) is 12.6 Å². The average Bonchev–Trinajstić information content (AvgIpc) is 2.19. The summed E-state index contributed by atoms with van der Waals surface area (Å²) in [6, 6.07) is 7.61. The number of hydrogen-bond donors (Lipinski definition) is 2. The minimum absolute atomic E-state index is 0.0195. The van der Waals surface area contributed by atoms with Crippen molar-refractivity contribution < 1.29 is 9.84 Å². The molecule has 1 rings (SSSR count). The average molecular weight is 260 g/mol. The first kappa shape index (κ1) is 11.5. The lowest BCUT2D eigenvalue weighted by molar-refractivity contribution is 0.189. The third-order valence-electron chi connectivity index (χ3n) is 1.88. The first-order valence-corrected chi connectivity index (χ1v) is 5.22. The van der Waals surface area contributed by atoms with E-state index in [0.29, 0.717) is 6.61 Å². The quantitative estimate of drug-likeness (QED) is 0.841. The largest absolute Gasteiger partial charge is 0.492 e. The molecule has 0 aliphatic rings. The number of hydrogen-bond acceptors (Lipinski definition) is 3. The van der Waals surface area contributed by atoms with Crippen molar-refractivity contribution in [1.29, 1.82) is 0 Å². The standard InChI is InChI=1S/C10H14BrNO2/c1-12-9(6-13)7-14-10-4-2-3-8(11)5-10/h2-5,9,12-13H,6-7H2,1H3. The minimum atomic E-state index is -0.0195. The Morgan fingerprint density at radius 1 is 1.57 bits per heavy atom. The highest BCUT2D eigenvalue weighted by molar-refractivity contribution is 9.10. The van der Waals surface area contributed by atoms with Crippen LogP contribution in [0, 0.1) is 0 Å². The van der Waals surface area contributed by atoms with Crippen LogP contribution in [0.3, 0.4) is 0 Å². The van der Waals surface area contributed by atoms with Crippen molar-refractivity contribution in [3.8, 4) is 5.75 Å². The highest BCUT2D eigenvalue weighted by Gasteiger charge is 2.04. The predicted octanol–water partition coefficient (Wildman–Crippen LogP) is 1.41. The predicted molar refractivity (Wildman–Crippen MR) is 59.6 cm³/mol. The minimum Gasteiger partial charge on any atom is -0.492 e. The molecular formula is C10H14BrNO2. The second kappa shape index (κ2) is 6.01. The summed E-state index contributed by atoms with van der Waals surface area (Å²) in [7, 11) is 1.80. The maximum absolute atomic E-state index is 8.91. The molecule has 0 heterocycles. The normalized spacial score (nSPS) is 12.5. The molecule has 0 aromatic heterocycles. The van der Waals surface area contributed by atoms with Gasteiger partial charge in [0, 0.05) is 4.47 Å². The van der Waals surface area contributed by atoms with Crippen LogP contribution in [0.5, 0.6) is 5.75 Å². The molecule has 0 amide bonds. The van der Waals surface area contributed by atoms with Crippen LogP contribution in [0.2, 0.25) is 0 Å². The molecule has 0 radical (unpaired) electrons. The third-order valence-corrected chi connectivity index (χ3v) is 2.37. The Balaban J connectivity index is 2.44. The molecular weight excluding hydrogens is 246 g/mol. The van der Waals surface area contributed by atoms with E-state index in [0.717, 1.165) is 10.2 Å². The first-order chi connectivity index (χ1) is 6.76. The fourth-order valence-corrected chi connectivity index (χ4v) is 1.36. The van der Waals surface area contributed by atoms with Gasteiger partial charge in [-0.15, -0.1) is 0 Å². The van der Waals surface area contributed by atoms with E-state index >= 15 is 0 Å². The zero-order chi connectivity index (χ0) is 10.4. The zero-order valence-electron chi connectivity index (χ0n) is 8.03. The van der Waals surface area contributed by atoms with E-state index in [1.54, 1.807) is 7.05 Å². The van der Waals surface area contributed by atoms with E-state index in [-0.39, 0.29) is 12.6 Å². The van der Waals surface area contributed by atoms with Gasteiger partial charge in [-0.2, -0.15) is 0 Å². The van der Waals surface area contributed by atoms with Gasteiger partial charge in [-0.25, -0.2) is 0 Å². The van der Waals surface area contributed by atoms with Gasteiger partial charge in [0.1, 0.15) is 12.4 Å². The number of aliphatic hydroxyl groups excluding tert-OH is 1. The molecule has 0 saturated heterocycles. The van der Waals surface area contributed by atoms with Gasteiger partial charge in [0.15, 0.2) is 0 Å². The summed E-state index contributed by atoms with van der Waals surface area (Å²) in [5, 5.41) is 11.9. The van der Waals surface area contributed by atoms with Gasteiger partial charge >= 0.3 is 0 Å². The Morgan fingerprint density at radius 3 is 2.93 bits per heavy atom. The van der Waals surface area contributed by atoms with E-state index in [1.165, 1.54) is 0 Å². The molecule has 0 saturated carbocycles. The fourth-order valence-electron chi connectivity index (χ4n) is 0.981. The summed E-state index contributed by atoms with van der Waals surface area (Å²) < 4.78 is 6.46. The van der Waals surface area contributed by atoms with Gasteiger partial charge in [-0.3, -0.25) is 0 Å². The molecule has 0 spiro atoms. The summed E-state index contributed by atoms with van der Waals surface area (Å²) >= 11 is 3.36. The van der Waals surface area contributed by atoms with E-state index in [1.807, 2.05) is 24.3 Å². The molecule has 14 heavy (non-hydrogen) atoms. The number of benzene rings is 1. The van der Waals surface area contributed by atoms with E-state index in [9.17, 15) is 0 Å². The van der Waals surface area contributed by atoms with E-state index in [4.69, 9.17) is 9.84 Å². The molecule has 78 valence electrons. The Labute approximate surface area is 92.2 Å². The molecule has 1 aromatic carbocycles. The van der Waals surface area contributed by atoms with Crippen LogP contribution in [0.1, 0.15) is 0 Å². The first-order valence-electron chi connectivity index (χ1n) is 4.42. The number of nitrogens with one attached hydrogen (secondary N) is 1. The van der Waals surface area contributed by atoms with Gasteiger partial charge in [0.2, 0.25) is 0 Å². The monoisotopic (exact) mass is 259 g/mol. The smallest absolute Gasteiger partial charge is 0.120 e. The number of ether oxygens (including phenoxy) is 1. The zero-order valence-corrected chi connectivity index (χ0v) is 9.62. The molecule has 0 aliphatic carbocycles. The third kappa shape index (κ3) is 3.65. The fraction of sp³-hybridized carbons (Fsp3) is 0.400. The lowest BCUT2D eigenvalue weighted by Gasteiger charge is -2.14. The van der Waals surface area contributed by atoms with Crippen LogP contribution in [0.4, 0.5) is 0 Å². The number of aliphatic hydroxyl groups is 1. The van der Waals surface area contributed by atoms with Crippen molar-refractivity contribution in [2.75, 3.05) is 20.3 Å². The maximum atomic E-state index is 8.91. The molecule has 0 fully saturated rings. The van der Waals surface area contributed by atoms with E-state index in [2.05, 4.69) is 21.2 Å². The highest BCUT2D eigenvalue weighted by atomic mass is 79.9. The Morgan fingerprint density at radius 2 is 2.36 bits per heavy atom. The topological polar surface area (TPSA) is 41.5 Å². The molecule has 2 N–H and O–H groups in total. The van der Waals surface area contributed by atoms with Crippen LogP contribution < -0.4 is 10.1 Å². The second-order valence-electron chi connectivity index (χ2n) is 2.94. The van der Waals surface area contributed by atoms with Crippen molar-refractivity contribution in [3.63, 3.8) is 0 Å². The SMILES string of the molecule is CNC(CO)COc1cccc(Br)c1. The summed E-state index contributed by atoms with van der Waals surface area (Å²) in [6.07, 6.45) is 0. The van der Waals surface area contributed by atoms with Crippen LogP contribution in [0.25, 0.3) is 0 Å². The van der Waals surface area contributed by atoms with Crippen LogP contribution in [0.15, 0.2) is 28.7 Å². The van der Waals surface area contributed by atoms with Crippen LogP contribution in [-0.4, -0.2) is 31.4 Å². The molecule has 3 nitrogen and oxygen atoms in total. The van der Waals surface area contributed by atoms with Crippen molar-refractivity contribution >= 4 is 15.9 Å². The lowest BCUT2D eigenvalue weighted by atomic mass is 10.3. The summed E-state index contributed by atoms with van der Waals surface area (Å²) in [5.74, 6) is 0.799. The summed E-state index contributed by atoms with van der Waals surface area (Å²) in [4.78, 5) is 0.